The summed E-state index contributed by atoms with van der Waals surface area (Å²) < 4.78 is 42.6. The van der Waals surface area contributed by atoms with Gasteiger partial charge in [0.25, 0.3) is 0 Å². The minimum atomic E-state index is -4.57. The van der Waals surface area contributed by atoms with Gasteiger partial charge in [-0.2, -0.15) is 13.2 Å². The monoisotopic (exact) mass is 324 g/mol. The van der Waals surface area contributed by atoms with Crippen LogP contribution < -0.4 is 4.74 Å². The van der Waals surface area contributed by atoms with E-state index in [1.807, 2.05) is 0 Å². The van der Waals surface area contributed by atoms with Crippen LogP contribution in [0.3, 0.4) is 0 Å². The molecule has 1 aromatic heterocycles. The molecule has 21 heavy (non-hydrogen) atoms. The summed E-state index contributed by atoms with van der Waals surface area (Å²) in [6, 6.07) is 1.65. The Labute approximate surface area is 125 Å². The lowest BCUT2D eigenvalue weighted by atomic mass is 10.1. The molecule has 1 saturated heterocycles. The van der Waals surface area contributed by atoms with Gasteiger partial charge < -0.3 is 14.7 Å². The van der Waals surface area contributed by atoms with Crippen LogP contribution in [0, 0.1) is 0 Å². The maximum Gasteiger partial charge on any atom is 0.415 e. The number of aliphatic hydroxyl groups is 1. The summed E-state index contributed by atoms with van der Waals surface area (Å²) >= 11 is 5.80. The van der Waals surface area contributed by atoms with Crippen molar-refractivity contribution in [3.63, 3.8) is 0 Å². The zero-order chi connectivity index (χ0) is 15.5. The van der Waals surface area contributed by atoms with Gasteiger partial charge in [-0.25, -0.2) is 0 Å². The van der Waals surface area contributed by atoms with Gasteiger partial charge in [0.1, 0.15) is 11.9 Å². The van der Waals surface area contributed by atoms with Gasteiger partial charge in [-0.1, -0.05) is 11.6 Å². The van der Waals surface area contributed by atoms with Crippen LogP contribution in [0.15, 0.2) is 18.5 Å². The molecule has 4 nitrogen and oxygen atoms in total. The maximum absolute atomic E-state index is 12.3. The van der Waals surface area contributed by atoms with Gasteiger partial charge >= 0.3 is 6.18 Å². The molecule has 2 heterocycles. The second kappa shape index (κ2) is 6.81. The first-order valence-electron chi connectivity index (χ1n) is 6.59. The molecule has 1 aliphatic heterocycles. The molecular weight excluding hydrogens is 309 g/mol. The van der Waals surface area contributed by atoms with Crippen molar-refractivity contribution in [2.75, 3.05) is 19.6 Å². The Morgan fingerprint density at radius 3 is 2.62 bits per heavy atom. The van der Waals surface area contributed by atoms with Crippen LogP contribution in [0.1, 0.15) is 12.8 Å². The quantitative estimate of drug-likeness (QED) is 0.924. The lowest BCUT2D eigenvalue weighted by molar-refractivity contribution is -0.208. The molecule has 0 radical (unpaired) electrons. The van der Waals surface area contributed by atoms with E-state index in [4.69, 9.17) is 21.4 Å². The third-order valence-electron chi connectivity index (χ3n) is 3.33. The van der Waals surface area contributed by atoms with E-state index in [2.05, 4.69) is 4.98 Å². The van der Waals surface area contributed by atoms with E-state index < -0.39 is 18.8 Å². The molecule has 0 aromatic carbocycles. The molecule has 0 saturated carbocycles. The van der Waals surface area contributed by atoms with Crippen LogP contribution in [0.4, 0.5) is 13.2 Å². The first-order chi connectivity index (χ1) is 9.84. The molecule has 118 valence electrons. The van der Waals surface area contributed by atoms with E-state index in [0.717, 1.165) is 0 Å². The van der Waals surface area contributed by atoms with Gasteiger partial charge in [-0.3, -0.25) is 4.98 Å². The second-order valence-corrected chi connectivity index (χ2v) is 5.45. The van der Waals surface area contributed by atoms with Gasteiger partial charge in [0.05, 0.1) is 11.2 Å². The van der Waals surface area contributed by atoms with E-state index >= 15 is 0 Å². The van der Waals surface area contributed by atoms with Crippen molar-refractivity contribution in [1.82, 2.24) is 9.88 Å². The zero-order valence-corrected chi connectivity index (χ0v) is 11.9. The Morgan fingerprint density at radius 2 is 2.05 bits per heavy atom. The maximum atomic E-state index is 12.3. The summed E-state index contributed by atoms with van der Waals surface area (Å²) in [5.74, 6) is 0.552. The molecule has 0 bridgehead atoms. The summed E-state index contributed by atoms with van der Waals surface area (Å²) in [6.07, 6.45) is -2.72. The smallest absolute Gasteiger partial charge is 0.415 e. The molecule has 1 aromatic rings. The molecule has 1 fully saturated rings. The van der Waals surface area contributed by atoms with Crippen LogP contribution >= 0.6 is 11.6 Å². The number of piperidine rings is 1. The number of hydrogen-bond donors (Lipinski definition) is 1. The Hall–Kier alpha value is -1.05. The number of likely N-dealkylation sites (tertiary alicyclic amines) is 1. The highest BCUT2D eigenvalue weighted by Gasteiger charge is 2.39. The first-order valence-corrected chi connectivity index (χ1v) is 6.97. The average molecular weight is 325 g/mol. The number of β-amino-alcohol motifs (C(OH)–C–C–N with tert-alkyl or cyclic N) is 1. The summed E-state index contributed by atoms with van der Waals surface area (Å²) in [5.41, 5.74) is 0. The number of aromatic nitrogens is 1. The molecule has 2 rings (SSSR count). The normalized spacial score (nSPS) is 19.5. The van der Waals surface area contributed by atoms with E-state index in [1.54, 1.807) is 17.2 Å². The number of nitrogens with zero attached hydrogens (tertiary/aromatic N) is 2. The number of pyridine rings is 1. The predicted molar refractivity (Wildman–Crippen MR) is 71.4 cm³/mol. The second-order valence-electron chi connectivity index (χ2n) is 5.01. The van der Waals surface area contributed by atoms with E-state index in [0.29, 0.717) is 36.7 Å². The van der Waals surface area contributed by atoms with E-state index in [-0.39, 0.29) is 6.10 Å². The van der Waals surface area contributed by atoms with Crippen LogP contribution in [0.2, 0.25) is 5.02 Å². The van der Waals surface area contributed by atoms with Crippen molar-refractivity contribution in [3.8, 4) is 5.75 Å². The first kappa shape index (κ1) is 16.3. The summed E-state index contributed by atoms with van der Waals surface area (Å²) in [7, 11) is 0. The molecule has 0 unspecified atom stereocenters. The SMILES string of the molecule is O[C@H](CN1CCC(Oc2cncc(Cl)c2)CC1)C(F)(F)F. The van der Waals surface area contributed by atoms with Crippen molar-refractivity contribution in [3.05, 3.63) is 23.5 Å². The Kier molecular flexibility index (Phi) is 5.29. The van der Waals surface area contributed by atoms with Gasteiger partial charge in [0.15, 0.2) is 6.10 Å². The van der Waals surface area contributed by atoms with Crippen molar-refractivity contribution >= 4 is 11.6 Å². The molecular formula is C13H16ClF3N2O2. The van der Waals surface area contributed by atoms with Crippen molar-refractivity contribution in [1.29, 1.82) is 0 Å². The van der Waals surface area contributed by atoms with Crippen LogP contribution in [0.5, 0.6) is 5.75 Å². The highest BCUT2D eigenvalue weighted by Crippen LogP contribution is 2.24. The Balaban J connectivity index is 1.78. The van der Waals surface area contributed by atoms with Gasteiger partial charge in [-0.05, 0) is 12.8 Å². The third-order valence-corrected chi connectivity index (χ3v) is 3.53. The molecule has 1 aliphatic rings. The Morgan fingerprint density at radius 1 is 1.38 bits per heavy atom. The van der Waals surface area contributed by atoms with E-state index in [9.17, 15) is 13.2 Å². The fraction of sp³-hybridized carbons (Fsp3) is 0.615. The van der Waals surface area contributed by atoms with E-state index in [1.165, 1.54) is 6.20 Å². The third kappa shape index (κ3) is 5.01. The zero-order valence-electron chi connectivity index (χ0n) is 11.2. The average Bonchev–Trinajstić information content (AvgIpc) is 2.40. The predicted octanol–water partition coefficient (Wildman–Crippen LogP) is 2.50. The standard InChI is InChI=1S/C13H16ClF3N2O2/c14-9-5-11(7-18-6-9)21-10-1-3-19(4-2-10)8-12(20)13(15,16)17/h5-7,10,12,20H,1-4,8H2/t12-/m1/s1. The molecule has 1 atom stereocenters. The number of halogens is 4. The summed E-state index contributed by atoms with van der Waals surface area (Å²) in [5, 5.41) is 9.52. The van der Waals surface area contributed by atoms with Crippen LogP contribution in [-0.2, 0) is 0 Å². The van der Waals surface area contributed by atoms with Crippen molar-refractivity contribution in [2.45, 2.75) is 31.2 Å². The number of alkyl halides is 3. The summed E-state index contributed by atoms with van der Waals surface area (Å²) in [6.45, 7) is 0.506. The lowest BCUT2D eigenvalue weighted by Gasteiger charge is -2.33. The molecule has 0 aliphatic carbocycles. The van der Waals surface area contributed by atoms with Crippen molar-refractivity contribution in [2.24, 2.45) is 0 Å². The topological polar surface area (TPSA) is 45.6 Å². The fourth-order valence-corrected chi connectivity index (χ4v) is 2.37. The highest BCUT2D eigenvalue weighted by molar-refractivity contribution is 6.30. The summed E-state index contributed by atoms with van der Waals surface area (Å²) in [4.78, 5) is 5.50. The molecule has 0 spiro atoms. The highest BCUT2D eigenvalue weighted by atomic mass is 35.5. The van der Waals surface area contributed by atoms with Gasteiger partial charge in [0, 0.05) is 31.9 Å². The van der Waals surface area contributed by atoms with Crippen LogP contribution in [-0.4, -0.2) is 53.0 Å². The van der Waals surface area contributed by atoms with Gasteiger partial charge in [-0.15, -0.1) is 0 Å². The number of rotatable bonds is 4. The lowest BCUT2D eigenvalue weighted by Crippen LogP contribution is -2.45. The largest absolute Gasteiger partial charge is 0.489 e. The number of aliphatic hydroxyl groups excluding tert-OH is 1. The fourth-order valence-electron chi connectivity index (χ4n) is 2.21. The Bertz CT molecular complexity index is 465. The van der Waals surface area contributed by atoms with Crippen molar-refractivity contribution < 1.29 is 23.0 Å². The molecule has 0 amide bonds. The van der Waals surface area contributed by atoms with Gasteiger partial charge in [0.2, 0.25) is 0 Å². The number of ether oxygens (including phenoxy) is 1. The minimum Gasteiger partial charge on any atom is -0.489 e. The molecule has 1 N–H and O–H groups in total. The number of hydrogen-bond acceptors (Lipinski definition) is 4. The van der Waals surface area contributed by atoms with Crippen LogP contribution in [0.25, 0.3) is 0 Å². The molecule has 8 heteroatoms. The minimum absolute atomic E-state index is 0.0791.